The van der Waals surface area contributed by atoms with Crippen molar-refractivity contribution in [2.45, 2.75) is 57.5 Å². The first kappa shape index (κ1) is 20.5. The Morgan fingerprint density at radius 2 is 1.46 bits per heavy atom. The molecule has 152 valence electrons. The first-order chi connectivity index (χ1) is 12.3. The Balaban J connectivity index is 1.49. The third kappa shape index (κ3) is 4.79. The highest BCUT2D eigenvalue weighted by molar-refractivity contribution is 7.89. The van der Waals surface area contributed by atoms with Gasteiger partial charge in [0.2, 0.25) is 10.0 Å². The van der Waals surface area contributed by atoms with Crippen molar-refractivity contribution in [1.82, 2.24) is 14.1 Å². The van der Waals surface area contributed by atoms with Gasteiger partial charge in [-0.1, -0.05) is 6.92 Å². The van der Waals surface area contributed by atoms with Gasteiger partial charge in [0, 0.05) is 45.8 Å². The number of hydrogen-bond donors (Lipinski definition) is 1. The molecule has 6 nitrogen and oxygen atoms in total. The van der Waals surface area contributed by atoms with E-state index in [1.165, 1.54) is 0 Å². The average molecular weight is 388 g/mol. The highest BCUT2D eigenvalue weighted by Gasteiger charge is 2.45. The maximum absolute atomic E-state index is 12.3. The molecule has 0 amide bonds. The third-order valence-electron chi connectivity index (χ3n) is 6.99. The van der Waals surface area contributed by atoms with Crippen LogP contribution in [-0.2, 0) is 10.0 Å². The average Bonchev–Trinajstić information content (AvgIpc) is 2.61. The molecule has 0 unspecified atom stereocenters. The Hall–Kier alpha value is -0.210. The lowest BCUT2D eigenvalue weighted by Crippen LogP contribution is -2.54. The first-order valence-electron chi connectivity index (χ1n) is 10.4. The molecule has 0 aromatic rings. The molecule has 0 bridgehead atoms. The minimum atomic E-state index is -3.06. The standard InChI is InChI=1S/C19H37N3O3S/c1-3-16-26(24,25)22-10-8-18(9-11-22)4-6-19(23,7-5-18)17-21-14-12-20(2)13-15-21/h23H,3-17H2,1-2H3. The maximum Gasteiger partial charge on any atom is 0.214 e. The summed E-state index contributed by atoms with van der Waals surface area (Å²) in [6.07, 6.45) is 6.41. The zero-order valence-corrected chi connectivity index (χ0v) is 17.4. The van der Waals surface area contributed by atoms with Gasteiger partial charge in [-0.15, -0.1) is 0 Å². The van der Waals surface area contributed by atoms with Gasteiger partial charge in [-0.3, -0.25) is 4.90 Å². The molecule has 2 saturated heterocycles. The van der Waals surface area contributed by atoms with Gasteiger partial charge in [-0.05, 0) is 57.4 Å². The van der Waals surface area contributed by atoms with Gasteiger partial charge >= 0.3 is 0 Å². The van der Waals surface area contributed by atoms with E-state index in [2.05, 4.69) is 16.8 Å². The van der Waals surface area contributed by atoms with Crippen molar-refractivity contribution in [3.8, 4) is 0 Å². The van der Waals surface area contributed by atoms with Crippen LogP contribution in [0.3, 0.4) is 0 Å². The minimum Gasteiger partial charge on any atom is -0.389 e. The number of sulfonamides is 1. The van der Waals surface area contributed by atoms with Gasteiger partial charge in [-0.2, -0.15) is 0 Å². The van der Waals surface area contributed by atoms with E-state index in [1.807, 2.05) is 6.92 Å². The molecule has 0 aromatic carbocycles. The van der Waals surface area contributed by atoms with Crippen LogP contribution in [0.15, 0.2) is 0 Å². The van der Waals surface area contributed by atoms with E-state index in [-0.39, 0.29) is 11.2 Å². The Morgan fingerprint density at radius 3 is 2.00 bits per heavy atom. The fourth-order valence-corrected chi connectivity index (χ4v) is 6.46. The van der Waals surface area contributed by atoms with Crippen molar-refractivity contribution < 1.29 is 13.5 Å². The van der Waals surface area contributed by atoms with Crippen LogP contribution in [0.1, 0.15) is 51.9 Å². The molecule has 2 heterocycles. The molecule has 1 spiro atoms. The second-order valence-corrected chi connectivity index (χ2v) is 11.1. The van der Waals surface area contributed by atoms with Crippen molar-refractivity contribution in [3.05, 3.63) is 0 Å². The number of likely N-dealkylation sites (N-methyl/N-ethyl adjacent to an activating group) is 1. The molecular weight excluding hydrogens is 350 g/mol. The molecular formula is C19H37N3O3S. The predicted molar refractivity (Wildman–Crippen MR) is 105 cm³/mol. The topological polar surface area (TPSA) is 64.1 Å². The van der Waals surface area contributed by atoms with E-state index in [0.717, 1.165) is 71.2 Å². The van der Waals surface area contributed by atoms with Gasteiger partial charge in [0.15, 0.2) is 0 Å². The van der Waals surface area contributed by atoms with Crippen LogP contribution in [-0.4, -0.2) is 91.8 Å². The van der Waals surface area contributed by atoms with Gasteiger partial charge in [-0.25, -0.2) is 12.7 Å². The van der Waals surface area contributed by atoms with Crippen LogP contribution in [0.5, 0.6) is 0 Å². The lowest BCUT2D eigenvalue weighted by Gasteiger charge is -2.49. The molecule has 2 aliphatic heterocycles. The van der Waals surface area contributed by atoms with E-state index in [1.54, 1.807) is 4.31 Å². The summed E-state index contributed by atoms with van der Waals surface area (Å²) in [7, 11) is -0.906. The smallest absolute Gasteiger partial charge is 0.214 e. The highest BCUT2D eigenvalue weighted by atomic mass is 32.2. The minimum absolute atomic E-state index is 0.257. The van der Waals surface area contributed by atoms with Gasteiger partial charge in [0.25, 0.3) is 0 Å². The number of β-amino-alcohol motifs (C(OH)–C–C–N with tert-alkyl or cyclic N) is 1. The number of rotatable bonds is 5. The fourth-order valence-electron chi connectivity index (χ4n) is 4.95. The molecule has 1 N–H and O–H groups in total. The molecule has 26 heavy (non-hydrogen) atoms. The molecule has 3 rings (SSSR count). The third-order valence-corrected chi connectivity index (χ3v) is 9.07. The molecule has 1 saturated carbocycles. The van der Waals surface area contributed by atoms with Gasteiger partial charge < -0.3 is 10.0 Å². The fraction of sp³-hybridized carbons (Fsp3) is 1.00. The van der Waals surface area contributed by atoms with E-state index in [4.69, 9.17) is 0 Å². The second kappa shape index (κ2) is 8.03. The number of nitrogens with zero attached hydrogens (tertiary/aromatic N) is 3. The van der Waals surface area contributed by atoms with Crippen molar-refractivity contribution in [2.75, 3.05) is 58.6 Å². The lowest BCUT2D eigenvalue weighted by atomic mass is 9.64. The quantitative estimate of drug-likeness (QED) is 0.772. The predicted octanol–water partition coefficient (Wildman–Crippen LogP) is 1.36. The van der Waals surface area contributed by atoms with Crippen LogP contribution in [0, 0.1) is 5.41 Å². The summed E-state index contributed by atoms with van der Waals surface area (Å²) in [6, 6.07) is 0. The summed E-state index contributed by atoms with van der Waals surface area (Å²) in [6.45, 7) is 8.32. The molecule has 0 aromatic heterocycles. The van der Waals surface area contributed by atoms with Crippen molar-refractivity contribution in [3.63, 3.8) is 0 Å². The van der Waals surface area contributed by atoms with Gasteiger partial charge in [0.1, 0.15) is 0 Å². The van der Waals surface area contributed by atoms with Crippen LogP contribution in [0.4, 0.5) is 0 Å². The van der Waals surface area contributed by atoms with Crippen molar-refractivity contribution >= 4 is 10.0 Å². The van der Waals surface area contributed by atoms with Crippen LogP contribution in [0.2, 0.25) is 0 Å². The van der Waals surface area contributed by atoms with E-state index in [0.29, 0.717) is 19.5 Å². The number of hydrogen-bond acceptors (Lipinski definition) is 5. The van der Waals surface area contributed by atoms with E-state index < -0.39 is 15.6 Å². The van der Waals surface area contributed by atoms with Crippen LogP contribution < -0.4 is 0 Å². The summed E-state index contributed by atoms with van der Waals surface area (Å²) in [5.74, 6) is 0.269. The zero-order chi connectivity index (χ0) is 18.8. The van der Waals surface area contributed by atoms with E-state index >= 15 is 0 Å². The normalized spacial score (nSPS) is 28.4. The van der Waals surface area contributed by atoms with E-state index in [9.17, 15) is 13.5 Å². The molecule has 3 aliphatic rings. The monoisotopic (exact) mass is 387 g/mol. The molecule has 7 heteroatoms. The molecule has 0 atom stereocenters. The summed E-state index contributed by atoms with van der Waals surface area (Å²) in [4.78, 5) is 4.76. The molecule has 0 radical (unpaired) electrons. The molecule has 1 aliphatic carbocycles. The zero-order valence-electron chi connectivity index (χ0n) is 16.6. The van der Waals surface area contributed by atoms with Crippen LogP contribution in [0.25, 0.3) is 0 Å². The molecule has 3 fully saturated rings. The summed E-state index contributed by atoms with van der Waals surface area (Å²) < 4.78 is 26.3. The Kier molecular flexibility index (Phi) is 6.34. The summed E-state index contributed by atoms with van der Waals surface area (Å²) in [5, 5.41) is 11.1. The Morgan fingerprint density at radius 1 is 0.885 bits per heavy atom. The van der Waals surface area contributed by atoms with Crippen molar-refractivity contribution in [1.29, 1.82) is 0 Å². The van der Waals surface area contributed by atoms with Crippen LogP contribution >= 0.6 is 0 Å². The Bertz CT molecular complexity index is 555. The summed E-state index contributed by atoms with van der Waals surface area (Å²) >= 11 is 0. The largest absolute Gasteiger partial charge is 0.389 e. The SMILES string of the molecule is CCCS(=O)(=O)N1CCC2(CC1)CCC(O)(CN1CCN(C)CC1)CC2. The number of piperidine rings is 1. The Labute approximate surface area is 159 Å². The lowest BCUT2D eigenvalue weighted by molar-refractivity contribution is -0.0699. The maximum atomic E-state index is 12.3. The summed E-state index contributed by atoms with van der Waals surface area (Å²) in [5.41, 5.74) is -0.292. The number of aliphatic hydroxyl groups is 1. The van der Waals surface area contributed by atoms with Crippen molar-refractivity contribution in [2.24, 2.45) is 5.41 Å². The number of piperazine rings is 1. The second-order valence-electron chi connectivity index (χ2n) is 9.02. The first-order valence-corrected chi connectivity index (χ1v) is 12.0. The highest BCUT2D eigenvalue weighted by Crippen LogP contribution is 2.48. The van der Waals surface area contributed by atoms with Gasteiger partial charge in [0.05, 0.1) is 11.4 Å².